The number of rotatable bonds is 4. The van der Waals surface area contributed by atoms with Crippen LogP contribution >= 0.6 is 11.6 Å². The van der Waals surface area contributed by atoms with Crippen LogP contribution < -0.4 is 10.2 Å². The first-order chi connectivity index (χ1) is 14.1. The van der Waals surface area contributed by atoms with Gasteiger partial charge in [-0.3, -0.25) is 9.59 Å². The van der Waals surface area contributed by atoms with Gasteiger partial charge in [-0.1, -0.05) is 41.9 Å². The van der Waals surface area contributed by atoms with Crippen LogP contribution in [0.25, 0.3) is 0 Å². The Bertz CT molecular complexity index is 1030. The van der Waals surface area contributed by atoms with Crippen LogP contribution in [0.15, 0.2) is 72.8 Å². The Hall–Kier alpha value is -3.11. The first kappa shape index (κ1) is 19.2. The molecule has 0 radical (unpaired) electrons. The Morgan fingerprint density at radius 3 is 2.41 bits per heavy atom. The van der Waals surface area contributed by atoms with Crippen molar-refractivity contribution in [2.24, 2.45) is 0 Å². The van der Waals surface area contributed by atoms with Crippen molar-refractivity contribution in [3.8, 4) is 0 Å². The largest absolute Gasteiger partial charge is 0.348 e. The number of fused-ring (bicyclic) bond motifs is 1. The lowest BCUT2D eigenvalue weighted by Gasteiger charge is -2.30. The van der Waals surface area contributed by atoms with Gasteiger partial charge < -0.3 is 10.2 Å². The zero-order valence-corrected chi connectivity index (χ0v) is 16.7. The zero-order valence-electron chi connectivity index (χ0n) is 15.9. The molecule has 1 aliphatic heterocycles. The van der Waals surface area contributed by atoms with E-state index in [2.05, 4.69) is 5.32 Å². The average Bonchev–Trinajstić information content (AvgIpc) is 2.77. The highest BCUT2D eigenvalue weighted by Crippen LogP contribution is 2.29. The van der Waals surface area contributed by atoms with E-state index in [0.717, 1.165) is 29.7 Å². The second-order valence-corrected chi connectivity index (χ2v) is 7.52. The number of benzene rings is 3. The van der Waals surface area contributed by atoms with E-state index in [-0.39, 0.29) is 11.8 Å². The van der Waals surface area contributed by atoms with E-state index in [1.807, 2.05) is 42.5 Å². The normalized spacial score (nSPS) is 12.9. The standard InChI is InChI=1S/C24H21ClN2O2/c25-21-11-8-18(9-12-21)24(29)27-14-4-7-19-15-20(10-13-22(19)27)23(28)26-16-17-5-2-1-3-6-17/h1-3,5-6,8-13,15H,4,7,14,16H2,(H,26,28). The fourth-order valence-electron chi connectivity index (χ4n) is 3.58. The molecule has 0 unspecified atom stereocenters. The molecule has 0 saturated carbocycles. The van der Waals surface area contributed by atoms with E-state index in [1.54, 1.807) is 35.2 Å². The third-order valence-corrected chi connectivity index (χ3v) is 5.34. The molecule has 3 aromatic carbocycles. The van der Waals surface area contributed by atoms with E-state index < -0.39 is 0 Å². The Morgan fingerprint density at radius 1 is 0.931 bits per heavy atom. The quantitative estimate of drug-likeness (QED) is 0.674. The summed E-state index contributed by atoms with van der Waals surface area (Å²) in [6.45, 7) is 1.14. The van der Waals surface area contributed by atoms with E-state index in [9.17, 15) is 9.59 Å². The number of aryl methyl sites for hydroxylation is 1. The number of nitrogens with one attached hydrogen (secondary N) is 1. The Labute approximate surface area is 175 Å². The molecule has 146 valence electrons. The minimum absolute atomic E-state index is 0.0519. The second kappa shape index (κ2) is 8.50. The number of hydrogen-bond donors (Lipinski definition) is 1. The number of anilines is 1. The second-order valence-electron chi connectivity index (χ2n) is 7.08. The van der Waals surface area contributed by atoms with Gasteiger partial charge in [0.15, 0.2) is 0 Å². The van der Waals surface area contributed by atoms with Gasteiger partial charge in [0.2, 0.25) is 0 Å². The zero-order chi connectivity index (χ0) is 20.2. The third kappa shape index (κ3) is 4.33. The molecule has 1 N–H and O–H groups in total. The fourth-order valence-corrected chi connectivity index (χ4v) is 3.70. The molecule has 0 fully saturated rings. The molecule has 4 nitrogen and oxygen atoms in total. The van der Waals surface area contributed by atoms with Crippen molar-refractivity contribution in [2.75, 3.05) is 11.4 Å². The molecule has 0 saturated heterocycles. The summed E-state index contributed by atoms with van der Waals surface area (Å²) >= 11 is 5.93. The Morgan fingerprint density at radius 2 is 1.66 bits per heavy atom. The number of amides is 2. The summed E-state index contributed by atoms with van der Waals surface area (Å²) < 4.78 is 0. The SMILES string of the molecule is O=C(NCc1ccccc1)c1ccc2c(c1)CCCN2C(=O)c1ccc(Cl)cc1. The number of nitrogens with zero attached hydrogens (tertiary/aromatic N) is 1. The number of carbonyl (C=O) groups excluding carboxylic acids is 2. The van der Waals surface area contributed by atoms with Gasteiger partial charge in [0.1, 0.15) is 0 Å². The average molecular weight is 405 g/mol. The maximum atomic E-state index is 13.0. The first-order valence-corrected chi connectivity index (χ1v) is 10.0. The maximum Gasteiger partial charge on any atom is 0.258 e. The Balaban J connectivity index is 1.51. The first-order valence-electron chi connectivity index (χ1n) is 9.64. The highest BCUT2D eigenvalue weighted by Gasteiger charge is 2.24. The summed E-state index contributed by atoms with van der Waals surface area (Å²) in [4.78, 5) is 27.3. The molecule has 0 bridgehead atoms. The minimum atomic E-state index is -0.113. The highest BCUT2D eigenvalue weighted by atomic mass is 35.5. The summed E-state index contributed by atoms with van der Waals surface area (Å²) in [5, 5.41) is 3.56. The lowest BCUT2D eigenvalue weighted by atomic mass is 9.98. The van der Waals surface area contributed by atoms with Crippen LogP contribution in [0, 0.1) is 0 Å². The summed E-state index contributed by atoms with van der Waals surface area (Å²) in [6.07, 6.45) is 1.71. The van der Waals surface area contributed by atoms with Gasteiger partial charge in [0.25, 0.3) is 11.8 Å². The number of halogens is 1. The molecule has 0 aromatic heterocycles. The van der Waals surface area contributed by atoms with Crippen LogP contribution in [0.2, 0.25) is 5.02 Å². The van der Waals surface area contributed by atoms with Gasteiger partial charge >= 0.3 is 0 Å². The molecule has 29 heavy (non-hydrogen) atoms. The minimum Gasteiger partial charge on any atom is -0.348 e. The molecular weight excluding hydrogens is 384 g/mol. The van der Waals surface area contributed by atoms with Crippen molar-refractivity contribution < 1.29 is 9.59 Å². The molecule has 2 amide bonds. The Kier molecular flexibility index (Phi) is 5.63. The van der Waals surface area contributed by atoms with Gasteiger partial charge in [-0.25, -0.2) is 0 Å². The number of hydrogen-bond acceptors (Lipinski definition) is 2. The van der Waals surface area contributed by atoms with Gasteiger partial charge in [-0.2, -0.15) is 0 Å². The molecule has 3 aromatic rings. The third-order valence-electron chi connectivity index (χ3n) is 5.09. The van der Waals surface area contributed by atoms with Crippen LogP contribution in [-0.2, 0) is 13.0 Å². The summed E-state index contributed by atoms with van der Waals surface area (Å²) in [7, 11) is 0. The predicted octanol–water partition coefficient (Wildman–Crippen LogP) is 4.86. The van der Waals surface area contributed by atoms with Crippen LogP contribution in [0.1, 0.15) is 38.3 Å². The van der Waals surface area contributed by atoms with Crippen LogP contribution in [-0.4, -0.2) is 18.4 Å². The van der Waals surface area contributed by atoms with Gasteiger partial charge in [0, 0.05) is 34.9 Å². The lowest BCUT2D eigenvalue weighted by Crippen LogP contribution is -2.35. The van der Waals surface area contributed by atoms with Crippen molar-refractivity contribution >= 4 is 29.1 Å². The van der Waals surface area contributed by atoms with E-state index in [1.165, 1.54) is 0 Å². The topological polar surface area (TPSA) is 49.4 Å². The van der Waals surface area contributed by atoms with Crippen molar-refractivity contribution in [2.45, 2.75) is 19.4 Å². The smallest absolute Gasteiger partial charge is 0.258 e. The van der Waals surface area contributed by atoms with Crippen molar-refractivity contribution in [1.29, 1.82) is 0 Å². The van der Waals surface area contributed by atoms with E-state index in [0.29, 0.717) is 29.2 Å². The summed E-state index contributed by atoms with van der Waals surface area (Å²) in [5.41, 5.74) is 4.16. The van der Waals surface area contributed by atoms with Gasteiger partial charge in [-0.15, -0.1) is 0 Å². The summed E-state index contributed by atoms with van der Waals surface area (Å²) in [5.74, 6) is -0.165. The van der Waals surface area contributed by atoms with E-state index >= 15 is 0 Å². The van der Waals surface area contributed by atoms with Gasteiger partial charge in [0.05, 0.1) is 0 Å². The van der Waals surface area contributed by atoms with Crippen LogP contribution in [0.3, 0.4) is 0 Å². The fraction of sp³-hybridized carbons (Fsp3) is 0.167. The molecule has 0 atom stereocenters. The predicted molar refractivity (Wildman–Crippen MR) is 116 cm³/mol. The van der Waals surface area contributed by atoms with Crippen molar-refractivity contribution in [3.63, 3.8) is 0 Å². The van der Waals surface area contributed by atoms with Crippen LogP contribution in [0.5, 0.6) is 0 Å². The monoisotopic (exact) mass is 404 g/mol. The molecule has 0 aliphatic carbocycles. The molecular formula is C24H21ClN2O2. The van der Waals surface area contributed by atoms with Gasteiger partial charge in [-0.05, 0) is 66.4 Å². The maximum absolute atomic E-state index is 13.0. The molecule has 5 heteroatoms. The van der Waals surface area contributed by atoms with Crippen LogP contribution in [0.4, 0.5) is 5.69 Å². The molecule has 1 heterocycles. The van der Waals surface area contributed by atoms with Crippen molar-refractivity contribution in [1.82, 2.24) is 5.32 Å². The van der Waals surface area contributed by atoms with E-state index in [4.69, 9.17) is 11.6 Å². The highest BCUT2D eigenvalue weighted by molar-refractivity contribution is 6.30. The molecule has 1 aliphatic rings. The number of carbonyl (C=O) groups is 2. The molecule has 4 rings (SSSR count). The lowest BCUT2D eigenvalue weighted by molar-refractivity contribution is 0.0950. The molecule has 0 spiro atoms. The van der Waals surface area contributed by atoms with Crippen molar-refractivity contribution in [3.05, 3.63) is 100 Å². The summed E-state index contributed by atoms with van der Waals surface area (Å²) in [6, 6.07) is 22.3.